The standard InChI is InChI=1S/C28H25O2/c1-29-27-18-11-19-28(30-21-22-12-5-2-6-13-22)26(27)20-25(23-14-7-3-8-15-23)24-16-9-4-10-17-24/h2-10,12-19,25H,20-21H2,1H3. The molecule has 0 aliphatic rings. The highest BCUT2D eigenvalue weighted by Gasteiger charge is 2.20. The fraction of sp³-hybridized carbons (Fsp3) is 0.143. The van der Waals surface area contributed by atoms with Crippen molar-refractivity contribution in [3.05, 3.63) is 131 Å². The largest absolute Gasteiger partial charge is 0.496 e. The van der Waals surface area contributed by atoms with Gasteiger partial charge in [-0.1, -0.05) is 91.0 Å². The Kier molecular flexibility index (Phi) is 6.46. The Labute approximate surface area is 178 Å². The maximum Gasteiger partial charge on any atom is 0.127 e. The minimum absolute atomic E-state index is 0.197. The minimum Gasteiger partial charge on any atom is -0.496 e. The third kappa shape index (κ3) is 4.72. The molecule has 149 valence electrons. The van der Waals surface area contributed by atoms with Gasteiger partial charge in [-0.2, -0.15) is 0 Å². The summed E-state index contributed by atoms with van der Waals surface area (Å²) in [6.07, 6.45) is 0.774. The lowest BCUT2D eigenvalue weighted by Crippen LogP contribution is -2.08. The normalized spacial score (nSPS) is 10.7. The molecule has 0 bridgehead atoms. The smallest absolute Gasteiger partial charge is 0.127 e. The lowest BCUT2D eigenvalue weighted by Gasteiger charge is -2.22. The van der Waals surface area contributed by atoms with Gasteiger partial charge in [0.15, 0.2) is 0 Å². The van der Waals surface area contributed by atoms with Gasteiger partial charge in [0.2, 0.25) is 0 Å². The summed E-state index contributed by atoms with van der Waals surface area (Å²) < 4.78 is 11.9. The molecule has 0 aromatic heterocycles. The van der Waals surface area contributed by atoms with Crippen molar-refractivity contribution in [3.63, 3.8) is 0 Å². The second-order valence-electron chi connectivity index (χ2n) is 7.22. The first kappa shape index (κ1) is 19.8. The molecule has 0 N–H and O–H groups in total. The predicted octanol–water partition coefficient (Wildman–Crippen LogP) is 6.45. The lowest BCUT2D eigenvalue weighted by atomic mass is 9.85. The lowest BCUT2D eigenvalue weighted by molar-refractivity contribution is 0.299. The first-order chi connectivity index (χ1) is 14.8. The quantitative estimate of drug-likeness (QED) is 0.342. The van der Waals surface area contributed by atoms with Crippen LogP contribution in [0.4, 0.5) is 0 Å². The zero-order valence-electron chi connectivity index (χ0n) is 17.1. The number of hydrogen-bond donors (Lipinski definition) is 0. The van der Waals surface area contributed by atoms with Crippen molar-refractivity contribution < 1.29 is 9.47 Å². The maximum atomic E-state index is 6.23. The summed E-state index contributed by atoms with van der Waals surface area (Å²) >= 11 is 0. The van der Waals surface area contributed by atoms with Gasteiger partial charge in [-0.3, -0.25) is 0 Å². The van der Waals surface area contributed by atoms with E-state index in [4.69, 9.17) is 9.47 Å². The van der Waals surface area contributed by atoms with E-state index in [0.29, 0.717) is 6.61 Å². The molecule has 1 radical (unpaired) electrons. The van der Waals surface area contributed by atoms with Crippen molar-refractivity contribution in [1.82, 2.24) is 0 Å². The molecule has 2 heteroatoms. The van der Waals surface area contributed by atoms with E-state index in [1.54, 1.807) is 7.11 Å². The van der Waals surface area contributed by atoms with E-state index < -0.39 is 0 Å². The highest BCUT2D eigenvalue weighted by molar-refractivity contribution is 5.47. The van der Waals surface area contributed by atoms with Crippen LogP contribution in [0.2, 0.25) is 0 Å². The van der Waals surface area contributed by atoms with Gasteiger partial charge in [0.1, 0.15) is 18.1 Å². The fourth-order valence-electron chi connectivity index (χ4n) is 3.74. The van der Waals surface area contributed by atoms with Crippen molar-refractivity contribution in [3.8, 4) is 11.5 Å². The number of methoxy groups -OCH3 is 1. The third-order valence-corrected chi connectivity index (χ3v) is 5.29. The van der Waals surface area contributed by atoms with Gasteiger partial charge in [-0.25, -0.2) is 0 Å². The maximum absolute atomic E-state index is 6.23. The molecule has 0 spiro atoms. The molecule has 4 aromatic rings. The second kappa shape index (κ2) is 9.80. The van der Waals surface area contributed by atoms with E-state index in [0.717, 1.165) is 29.0 Å². The number of benzene rings is 4. The van der Waals surface area contributed by atoms with Crippen LogP contribution < -0.4 is 9.47 Å². The molecule has 0 aliphatic heterocycles. The van der Waals surface area contributed by atoms with Crippen molar-refractivity contribution in [1.29, 1.82) is 0 Å². The van der Waals surface area contributed by atoms with E-state index in [2.05, 4.69) is 78.9 Å². The van der Waals surface area contributed by atoms with Crippen LogP contribution in [0.5, 0.6) is 11.5 Å². The predicted molar refractivity (Wildman–Crippen MR) is 121 cm³/mol. The van der Waals surface area contributed by atoms with E-state index in [1.807, 2.05) is 30.3 Å². The average Bonchev–Trinajstić information content (AvgIpc) is 2.83. The Morgan fingerprint density at radius 2 is 1.23 bits per heavy atom. The van der Waals surface area contributed by atoms with Crippen LogP contribution in [0.25, 0.3) is 0 Å². The molecule has 0 atom stereocenters. The molecular weight excluding hydrogens is 368 g/mol. The molecule has 0 saturated carbocycles. The first-order valence-corrected chi connectivity index (χ1v) is 10.2. The van der Waals surface area contributed by atoms with Crippen molar-refractivity contribution >= 4 is 0 Å². The first-order valence-electron chi connectivity index (χ1n) is 10.2. The summed E-state index contributed by atoms with van der Waals surface area (Å²) in [4.78, 5) is 0. The van der Waals surface area contributed by atoms with E-state index >= 15 is 0 Å². The Balaban J connectivity index is 1.68. The van der Waals surface area contributed by atoms with Gasteiger partial charge < -0.3 is 9.47 Å². The van der Waals surface area contributed by atoms with Crippen LogP contribution in [0.15, 0.2) is 103 Å². The van der Waals surface area contributed by atoms with Crippen LogP contribution in [0.1, 0.15) is 28.2 Å². The zero-order valence-corrected chi connectivity index (χ0v) is 17.1. The van der Waals surface area contributed by atoms with Gasteiger partial charge in [0.25, 0.3) is 0 Å². The van der Waals surface area contributed by atoms with Gasteiger partial charge in [-0.05, 0) is 41.3 Å². The number of hydrogen-bond acceptors (Lipinski definition) is 2. The van der Waals surface area contributed by atoms with E-state index in [-0.39, 0.29) is 5.92 Å². The monoisotopic (exact) mass is 393 g/mol. The van der Waals surface area contributed by atoms with Gasteiger partial charge in [-0.15, -0.1) is 0 Å². The molecular formula is C28H25O2. The van der Waals surface area contributed by atoms with E-state index in [9.17, 15) is 0 Å². The van der Waals surface area contributed by atoms with Gasteiger partial charge in [0.05, 0.1) is 7.11 Å². The Morgan fingerprint density at radius 3 is 1.80 bits per heavy atom. The van der Waals surface area contributed by atoms with Crippen LogP contribution in [-0.4, -0.2) is 7.11 Å². The zero-order chi connectivity index (χ0) is 20.6. The molecule has 0 unspecified atom stereocenters. The summed E-state index contributed by atoms with van der Waals surface area (Å²) in [5.74, 6) is 1.82. The molecule has 0 heterocycles. The Hall–Kier alpha value is -3.52. The molecule has 2 nitrogen and oxygen atoms in total. The molecule has 4 aromatic carbocycles. The van der Waals surface area contributed by atoms with Crippen LogP contribution in [-0.2, 0) is 13.0 Å². The molecule has 0 amide bonds. The SMILES string of the molecule is COc1c[c]cc(OCc2ccccc2)c1CC(c1ccccc1)c1ccccc1. The van der Waals surface area contributed by atoms with E-state index in [1.165, 1.54) is 11.1 Å². The third-order valence-electron chi connectivity index (χ3n) is 5.29. The number of rotatable bonds is 8. The summed E-state index contributed by atoms with van der Waals surface area (Å²) in [6, 6.07) is 38.4. The highest BCUT2D eigenvalue weighted by Crippen LogP contribution is 2.36. The van der Waals surface area contributed by atoms with Crippen molar-refractivity contribution in [2.45, 2.75) is 18.9 Å². The molecule has 0 fully saturated rings. The summed E-state index contributed by atoms with van der Waals surface area (Å²) in [5, 5.41) is 0. The second-order valence-corrected chi connectivity index (χ2v) is 7.22. The average molecular weight is 394 g/mol. The molecule has 0 saturated heterocycles. The van der Waals surface area contributed by atoms with Crippen molar-refractivity contribution in [2.24, 2.45) is 0 Å². The molecule has 0 aliphatic carbocycles. The summed E-state index contributed by atoms with van der Waals surface area (Å²) in [5.41, 5.74) is 4.74. The Bertz CT molecular complexity index is 1000. The molecule has 4 rings (SSSR count). The fourth-order valence-corrected chi connectivity index (χ4v) is 3.74. The summed E-state index contributed by atoms with van der Waals surface area (Å²) in [6.45, 7) is 0.510. The van der Waals surface area contributed by atoms with Crippen molar-refractivity contribution in [2.75, 3.05) is 7.11 Å². The summed E-state index contributed by atoms with van der Waals surface area (Å²) in [7, 11) is 1.70. The van der Waals surface area contributed by atoms with Crippen LogP contribution >= 0.6 is 0 Å². The van der Waals surface area contributed by atoms with Gasteiger partial charge in [0, 0.05) is 11.5 Å². The van der Waals surface area contributed by atoms with Gasteiger partial charge >= 0.3 is 0 Å². The van der Waals surface area contributed by atoms with Crippen LogP contribution in [0, 0.1) is 6.07 Å². The minimum atomic E-state index is 0.197. The number of ether oxygens (including phenoxy) is 2. The highest BCUT2D eigenvalue weighted by atomic mass is 16.5. The topological polar surface area (TPSA) is 18.5 Å². The van der Waals surface area contributed by atoms with Crippen LogP contribution in [0.3, 0.4) is 0 Å². The Morgan fingerprint density at radius 1 is 0.700 bits per heavy atom. The molecule has 30 heavy (non-hydrogen) atoms.